The Morgan fingerprint density at radius 3 is 2.81 bits per heavy atom. The van der Waals surface area contributed by atoms with Crippen LogP contribution in [0.1, 0.15) is 16.8 Å². The van der Waals surface area contributed by atoms with Crippen LogP contribution >= 0.6 is 23.2 Å². The Bertz CT molecular complexity index is 599. The van der Waals surface area contributed by atoms with E-state index in [0.717, 1.165) is 24.3 Å². The molecule has 0 amide bonds. The molecule has 21 heavy (non-hydrogen) atoms. The van der Waals surface area contributed by atoms with Crippen molar-refractivity contribution in [1.29, 1.82) is 0 Å². The Hall–Kier alpha value is -1.07. The van der Waals surface area contributed by atoms with Crippen molar-refractivity contribution in [3.8, 4) is 0 Å². The van der Waals surface area contributed by atoms with E-state index >= 15 is 0 Å². The van der Waals surface area contributed by atoms with Crippen LogP contribution in [0.15, 0.2) is 24.4 Å². The van der Waals surface area contributed by atoms with Gasteiger partial charge in [0.15, 0.2) is 0 Å². The SMILES string of the molecule is COCCNCc1cn(Cc2ccc(Cl)cc2Cl)nc1C. The van der Waals surface area contributed by atoms with E-state index in [4.69, 9.17) is 27.9 Å². The topological polar surface area (TPSA) is 39.1 Å². The lowest BCUT2D eigenvalue weighted by atomic mass is 10.2. The van der Waals surface area contributed by atoms with Gasteiger partial charge >= 0.3 is 0 Å². The van der Waals surface area contributed by atoms with Crippen molar-refractivity contribution >= 4 is 23.2 Å². The Labute approximate surface area is 135 Å². The minimum Gasteiger partial charge on any atom is -0.383 e. The molecule has 0 aliphatic heterocycles. The van der Waals surface area contributed by atoms with Crippen LogP contribution in [-0.2, 0) is 17.8 Å². The summed E-state index contributed by atoms with van der Waals surface area (Å²) in [6.45, 7) is 4.95. The van der Waals surface area contributed by atoms with E-state index in [-0.39, 0.29) is 0 Å². The molecule has 0 atom stereocenters. The number of nitrogens with one attached hydrogen (secondary N) is 1. The third kappa shape index (κ3) is 4.71. The molecule has 2 rings (SSSR count). The van der Waals surface area contributed by atoms with E-state index < -0.39 is 0 Å². The number of halogens is 2. The molecule has 6 heteroatoms. The number of hydrogen-bond donors (Lipinski definition) is 1. The van der Waals surface area contributed by atoms with E-state index in [0.29, 0.717) is 23.2 Å². The average molecular weight is 328 g/mol. The summed E-state index contributed by atoms with van der Waals surface area (Å²) < 4.78 is 6.91. The van der Waals surface area contributed by atoms with Crippen molar-refractivity contribution in [2.75, 3.05) is 20.3 Å². The van der Waals surface area contributed by atoms with Crippen molar-refractivity contribution < 1.29 is 4.74 Å². The number of benzene rings is 1. The largest absolute Gasteiger partial charge is 0.383 e. The summed E-state index contributed by atoms with van der Waals surface area (Å²) in [7, 11) is 1.70. The first-order valence-corrected chi connectivity index (χ1v) is 7.52. The van der Waals surface area contributed by atoms with Crippen molar-refractivity contribution in [1.82, 2.24) is 15.1 Å². The molecule has 0 aliphatic carbocycles. The molecule has 4 nitrogen and oxygen atoms in total. The second kappa shape index (κ2) is 7.80. The molecule has 0 radical (unpaired) electrons. The highest BCUT2D eigenvalue weighted by molar-refractivity contribution is 6.35. The van der Waals surface area contributed by atoms with Gasteiger partial charge in [-0.15, -0.1) is 0 Å². The van der Waals surface area contributed by atoms with Gasteiger partial charge in [0.2, 0.25) is 0 Å². The molecule has 114 valence electrons. The van der Waals surface area contributed by atoms with Gasteiger partial charge in [0.25, 0.3) is 0 Å². The Kier molecular flexibility index (Phi) is 6.06. The molecule has 2 aromatic rings. The van der Waals surface area contributed by atoms with Crippen LogP contribution in [0.2, 0.25) is 10.0 Å². The Balaban J connectivity index is 2.01. The van der Waals surface area contributed by atoms with Crippen molar-refractivity contribution in [2.24, 2.45) is 0 Å². The van der Waals surface area contributed by atoms with Gasteiger partial charge in [0.05, 0.1) is 18.8 Å². The fraction of sp³-hybridized carbons (Fsp3) is 0.400. The van der Waals surface area contributed by atoms with Crippen molar-refractivity contribution in [3.63, 3.8) is 0 Å². The molecule has 1 N–H and O–H groups in total. The molecule has 1 aromatic carbocycles. The number of rotatable bonds is 7. The molecular weight excluding hydrogens is 309 g/mol. The summed E-state index contributed by atoms with van der Waals surface area (Å²) in [4.78, 5) is 0. The fourth-order valence-corrected chi connectivity index (χ4v) is 2.50. The fourth-order valence-electron chi connectivity index (χ4n) is 2.04. The van der Waals surface area contributed by atoms with Gasteiger partial charge in [-0.3, -0.25) is 4.68 Å². The minimum atomic E-state index is 0.634. The van der Waals surface area contributed by atoms with Crippen LogP contribution in [0.4, 0.5) is 0 Å². The smallest absolute Gasteiger partial charge is 0.0674 e. The highest BCUT2D eigenvalue weighted by Crippen LogP contribution is 2.22. The first kappa shape index (κ1) is 16.3. The molecule has 0 saturated heterocycles. The lowest BCUT2D eigenvalue weighted by Crippen LogP contribution is -2.18. The molecule has 0 bridgehead atoms. The highest BCUT2D eigenvalue weighted by Gasteiger charge is 2.07. The molecule has 0 saturated carbocycles. The number of methoxy groups -OCH3 is 1. The number of hydrogen-bond acceptors (Lipinski definition) is 3. The van der Waals surface area contributed by atoms with Crippen LogP contribution < -0.4 is 5.32 Å². The monoisotopic (exact) mass is 327 g/mol. The molecular formula is C15H19Cl2N3O. The van der Waals surface area contributed by atoms with Crippen LogP contribution in [0, 0.1) is 6.92 Å². The third-order valence-electron chi connectivity index (χ3n) is 3.19. The Morgan fingerprint density at radius 2 is 2.10 bits per heavy atom. The normalized spacial score (nSPS) is 11.0. The van der Waals surface area contributed by atoms with E-state index in [1.54, 1.807) is 13.2 Å². The zero-order chi connectivity index (χ0) is 15.2. The number of aromatic nitrogens is 2. The third-order valence-corrected chi connectivity index (χ3v) is 3.78. The van der Waals surface area contributed by atoms with Gasteiger partial charge in [-0.05, 0) is 24.6 Å². The zero-order valence-electron chi connectivity index (χ0n) is 12.2. The van der Waals surface area contributed by atoms with Gasteiger partial charge in [0, 0.05) is 42.0 Å². The average Bonchev–Trinajstić information content (AvgIpc) is 2.78. The summed E-state index contributed by atoms with van der Waals surface area (Å²) >= 11 is 12.1. The first-order valence-electron chi connectivity index (χ1n) is 6.76. The zero-order valence-corrected chi connectivity index (χ0v) is 13.7. The molecule has 0 aliphatic rings. The van der Waals surface area contributed by atoms with Crippen molar-refractivity contribution in [2.45, 2.75) is 20.0 Å². The standard InChI is InChI=1S/C15H19Cl2N3O/c1-11-13(8-18-5-6-21-2)10-20(19-11)9-12-3-4-14(16)7-15(12)17/h3-4,7,10,18H,5-6,8-9H2,1-2H3. The van der Waals surface area contributed by atoms with E-state index in [1.807, 2.05) is 29.9 Å². The number of aryl methyl sites for hydroxylation is 1. The second-order valence-corrected chi connectivity index (χ2v) is 5.69. The van der Waals surface area contributed by atoms with Gasteiger partial charge in [-0.25, -0.2) is 0 Å². The second-order valence-electron chi connectivity index (χ2n) is 4.84. The van der Waals surface area contributed by atoms with Crippen LogP contribution in [0.5, 0.6) is 0 Å². The summed E-state index contributed by atoms with van der Waals surface area (Å²) in [6.07, 6.45) is 2.04. The van der Waals surface area contributed by atoms with Crippen molar-refractivity contribution in [3.05, 3.63) is 51.3 Å². The minimum absolute atomic E-state index is 0.634. The summed E-state index contributed by atoms with van der Waals surface area (Å²) in [5.74, 6) is 0. The van der Waals surface area contributed by atoms with Gasteiger partial charge in [-0.1, -0.05) is 29.3 Å². The maximum atomic E-state index is 6.19. The molecule has 1 aromatic heterocycles. The predicted molar refractivity (Wildman–Crippen MR) is 86.1 cm³/mol. The first-order chi connectivity index (χ1) is 10.1. The lowest BCUT2D eigenvalue weighted by molar-refractivity contribution is 0.199. The number of ether oxygens (including phenoxy) is 1. The van der Waals surface area contributed by atoms with E-state index in [1.165, 1.54) is 5.56 Å². The molecule has 0 spiro atoms. The Morgan fingerprint density at radius 1 is 1.29 bits per heavy atom. The summed E-state index contributed by atoms with van der Waals surface area (Å²) in [5.41, 5.74) is 3.20. The van der Waals surface area contributed by atoms with Gasteiger partial charge in [-0.2, -0.15) is 5.10 Å². The molecule has 0 unspecified atom stereocenters. The maximum Gasteiger partial charge on any atom is 0.0674 e. The van der Waals surface area contributed by atoms with Gasteiger partial charge < -0.3 is 10.1 Å². The molecule has 1 heterocycles. The highest BCUT2D eigenvalue weighted by atomic mass is 35.5. The van der Waals surface area contributed by atoms with E-state index in [9.17, 15) is 0 Å². The summed E-state index contributed by atoms with van der Waals surface area (Å²) in [6, 6.07) is 5.52. The van der Waals surface area contributed by atoms with Crippen LogP contribution in [0.25, 0.3) is 0 Å². The van der Waals surface area contributed by atoms with Gasteiger partial charge in [0.1, 0.15) is 0 Å². The predicted octanol–water partition coefficient (Wildman–Crippen LogP) is 3.28. The molecule has 0 fully saturated rings. The number of nitrogens with zero attached hydrogens (tertiary/aromatic N) is 2. The van der Waals surface area contributed by atoms with E-state index in [2.05, 4.69) is 10.4 Å². The van der Waals surface area contributed by atoms with Crippen LogP contribution in [0.3, 0.4) is 0 Å². The quantitative estimate of drug-likeness (QED) is 0.793. The summed E-state index contributed by atoms with van der Waals surface area (Å²) in [5, 5.41) is 9.14. The maximum absolute atomic E-state index is 6.19. The lowest BCUT2D eigenvalue weighted by Gasteiger charge is -2.05. The van der Waals surface area contributed by atoms with Crippen LogP contribution in [-0.4, -0.2) is 30.0 Å².